The van der Waals surface area contributed by atoms with Crippen LogP contribution in [-0.2, 0) is 5.75 Å². The van der Waals surface area contributed by atoms with E-state index in [4.69, 9.17) is 20.8 Å². The minimum atomic E-state index is -0.474. The lowest BCUT2D eigenvalue weighted by Crippen LogP contribution is -1.88. The summed E-state index contributed by atoms with van der Waals surface area (Å²) in [6, 6.07) is 12.0. The standard InChI is InChI=1S/C16H12ClFN2O2S/c1-21-14-7-4-11(8-13(14)18)15-19-20-16(22-15)23-9-10-2-5-12(17)6-3-10/h2-8H,9H2,1H3. The van der Waals surface area contributed by atoms with Gasteiger partial charge in [-0.15, -0.1) is 10.2 Å². The van der Waals surface area contributed by atoms with Crippen molar-refractivity contribution < 1.29 is 13.5 Å². The number of benzene rings is 2. The molecule has 3 rings (SSSR count). The number of aromatic nitrogens is 2. The van der Waals surface area contributed by atoms with Crippen molar-refractivity contribution in [3.8, 4) is 17.2 Å². The number of thioether (sulfide) groups is 1. The molecule has 0 saturated carbocycles. The van der Waals surface area contributed by atoms with Crippen molar-refractivity contribution in [1.29, 1.82) is 0 Å². The van der Waals surface area contributed by atoms with Crippen LogP contribution in [0.4, 0.5) is 4.39 Å². The van der Waals surface area contributed by atoms with E-state index in [9.17, 15) is 4.39 Å². The van der Waals surface area contributed by atoms with Gasteiger partial charge in [-0.25, -0.2) is 4.39 Å². The molecule has 23 heavy (non-hydrogen) atoms. The minimum absolute atomic E-state index is 0.172. The highest BCUT2D eigenvalue weighted by Gasteiger charge is 2.12. The third-order valence-corrected chi connectivity index (χ3v) is 4.22. The van der Waals surface area contributed by atoms with E-state index in [1.165, 1.54) is 31.0 Å². The molecule has 0 aliphatic rings. The highest BCUT2D eigenvalue weighted by atomic mass is 35.5. The number of rotatable bonds is 5. The molecular weight excluding hydrogens is 339 g/mol. The van der Waals surface area contributed by atoms with Gasteiger partial charge in [-0.2, -0.15) is 0 Å². The number of hydrogen-bond donors (Lipinski definition) is 0. The summed E-state index contributed by atoms with van der Waals surface area (Å²) in [4.78, 5) is 0. The van der Waals surface area contributed by atoms with Crippen LogP contribution in [0.2, 0.25) is 5.02 Å². The smallest absolute Gasteiger partial charge is 0.277 e. The van der Waals surface area contributed by atoms with Crippen molar-refractivity contribution in [3.63, 3.8) is 0 Å². The quantitative estimate of drug-likeness (QED) is 0.617. The summed E-state index contributed by atoms with van der Waals surface area (Å²) in [5, 5.41) is 9.02. The first-order valence-corrected chi connectivity index (χ1v) is 8.07. The van der Waals surface area contributed by atoms with E-state index < -0.39 is 5.82 Å². The molecule has 0 amide bonds. The molecule has 0 spiro atoms. The van der Waals surface area contributed by atoms with Crippen LogP contribution >= 0.6 is 23.4 Å². The Balaban J connectivity index is 1.70. The van der Waals surface area contributed by atoms with Gasteiger partial charge in [0.15, 0.2) is 11.6 Å². The maximum Gasteiger partial charge on any atom is 0.277 e. The molecule has 0 aliphatic heterocycles. The Morgan fingerprint density at radius 2 is 1.96 bits per heavy atom. The molecule has 1 heterocycles. The first-order valence-electron chi connectivity index (χ1n) is 6.70. The fourth-order valence-electron chi connectivity index (χ4n) is 1.91. The van der Waals surface area contributed by atoms with Gasteiger partial charge in [0, 0.05) is 16.3 Å². The first-order chi connectivity index (χ1) is 11.2. The Labute approximate surface area is 141 Å². The predicted octanol–water partition coefficient (Wildman–Crippen LogP) is 4.83. The molecule has 0 aliphatic carbocycles. The highest BCUT2D eigenvalue weighted by molar-refractivity contribution is 7.98. The summed E-state index contributed by atoms with van der Waals surface area (Å²) in [6.07, 6.45) is 0. The van der Waals surface area contributed by atoms with E-state index in [0.717, 1.165) is 5.56 Å². The fraction of sp³-hybridized carbons (Fsp3) is 0.125. The summed E-state index contributed by atoms with van der Waals surface area (Å²) in [6.45, 7) is 0. The lowest BCUT2D eigenvalue weighted by molar-refractivity contribution is 0.386. The topological polar surface area (TPSA) is 48.2 Å². The fourth-order valence-corrected chi connectivity index (χ4v) is 2.75. The number of hydrogen-bond acceptors (Lipinski definition) is 5. The average molecular weight is 351 g/mol. The molecule has 3 aromatic rings. The second-order valence-corrected chi connectivity index (χ2v) is 6.00. The summed E-state index contributed by atoms with van der Waals surface area (Å²) < 4.78 is 24.1. The Kier molecular flexibility index (Phi) is 4.83. The van der Waals surface area contributed by atoms with Crippen molar-refractivity contribution in [2.75, 3.05) is 7.11 Å². The van der Waals surface area contributed by atoms with Crippen LogP contribution in [0.3, 0.4) is 0 Å². The van der Waals surface area contributed by atoms with Gasteiger partial charge in [0.05, 0.1) is 7.11 Å². The van der Waals surface area contributed by atoms with Crippen molar-refractivity contribution >= 4 is 23.4 Å². The van der Waals surface area contributed by atoms with Gasteiger partial charge >= 0.3 is 0 Å². The van der Waals surface area contributed by atoms with Crippen LogP contribution in [-0.4, -0.2) is 17.3 Å². The lowest BCUT2D eigenvalue weighted by Gasteiger charge is -2.02. The van der Waals surface area contributed by atoms with Crippen molar-refractivity contribution in [2.24, 2.45) is 0 Å². The Morgan fingerprint density at radius 3 is 2.65 bits per heavy atom. The molecule has 4 nitrogen and oxygen atoms in total. The molecule has 118 valence electrons. The molecule has 0 bridgehead atoms. The van der Waals surface area contributed by atoms with Crippen molar-refractivity contribution in [3.05, 3.63) is 58.9 Å². The maximum atomic E-state index is 13.7. The molecule has 7 heteroatoms. The highest BCUT2D eigenvalue weighted by Crippen LogP contribution is 2.28. The zero-order valence-corrected chi connectivity index (χ0v) is 13.7. The first kappa shape index (κ1) is 15.8. The van der Waals surface area contributed by atoms with E-state index in [-0.39, 0.29) is 11.6 Å². The second-order valence-electron chi connectivity index (χ2n) is 4.64. The van der Waals surface area contributed by atoms with E-state index in [1.807, 2.05) is 24.3 Å². The lowest BCUT2D eigenvalue weighted by atomic mass is 10.2. The molecular formula is C16H12ClFN2O2S. The van der Waals surface area contributed by atoms with E-state index in [2.05, 4.69) is 10.2 Å². The Bertz CT molecular complexity index is 808. The molecule has 0 N–H and O–H groups in total. The average Bonchev–Trinajstić information content (AvgIpc) is 3.03. The Hall–Kier alpha value is -2.05. The van der Waals surface area contributed by atoms with Gasteiger partial charge in [0.1, 0.15) is 0 Å². The van der Waals surface area contributed by atoms with Gasteiger partial charge in [-0.3, -0.25) is 0 Å². The normalized spacial score (nSPS) is 10.7. The van der Waals surface area contributed by atoms with Gasteiger partial charge in [0.2, 0.25) is 5.89 Å². The summed E-state index contributed by atoms with van der Waals surface area (Å²) in [5.41, 5.74) is 1.60. The third-order valence-electron chi connectivity index (χ3n) is 3.08. The largest absolute Gasteiger partial charge is 0.494 e. The van der Waals surface area contributed by atoms with Crippen LogP contribution in [0.15, 0.2) is 52.1 Å². The minimum Gasteiger partial charge on any atom is -0.494 e. The molecule has 0 atom stereocenters. The molecule has 0 fully saturated rings. The van der Waals surface area contributed by atoms with Gasteiger partial charge in [-0.1, -0.05) is 35.5 Å². The number of methoxy groups -OCH3 is 1. The van der Waals surface area contributed by atoms with E-state index >= 15 is 0 Å². The number of ether oxygens (including phenoxy) is 1. The SMILES string of the molecule is COc1ccc(-c2nnc(SCc3ccc(Cl)cc3)o2)cc1F. The summed E-state index contributed by atoms with van der Waals surface area (Å²) in [5.74, 6) is 0.643. The predicted molar refractivity (Wildman–Crippen MR) is 87.3 cm³/mol. The monoisotopic (exact) mass is 350 g/mol. The van der Waals surface area contributed by atoms with Crippen molar-refractivity contribution in [2.45, 2.75) is 11.0 Å². The van der Waals surface area contributed by atoms with Crippen LogP contribution in [0, 0.1) is 5.82 Å². The van der Waals surface area contributed by atoms with Gasteiger partial charge in [0.25, 0.3) is 5.22 Å². The zero-order chi connectivity index (χ0) is 16.2. The number of halogens is 2. The van der Waals surface area contributed by atoms with Gasteiger partial charge < -0.3 is 9.15 Å². The van der Waals surface area contributed by atoms with Crippen LogP contribution in [0.1, 0.15) is 5.56 Å². The molecule has 0 saturated heterocycles. The third kappa shape index (κ3) is 3.83. The number of nitrogens with zero attached hydrogens (tertiary/aromatic N) is 2. The van der Waals surface area contributed by atoms with Crippen LogP contribution in [0.25, 0.3) is 11.5 Å². The van der Waals surface area contributed by atoms with Crippen molar-refractivity contribution in [1.82, 2.24) is 10.2 Å². The Morgan fingerprint density at radius 1 is 1.17 bits per heavy atom. The van der Waals surface area contributed by atoms with Crippen LogP contribution in [0.5, 0.6) is 5.75 Å². The van der Waals surface area contributed by atoms with Crippen LogP contribution < -0.4 is 4.74 Å². The molecule has 0 unspecified atom stereocenters. The van der Waals surface area contributed by atoms with Gasteiger partial charge in [-0.05, 0) is 35.9 Å². The summed E-state index contributed by atoms with van der Waals surface area (Å²) in [7, 11) is 1.41. The maximum absolute atomic E-state index is 13.7. The second kappa shape index (κ2) is 7.02. The van der Waals surface area contributed by atoms with E-state index in [0.29, 0.717) is 21.6 Å². The molecule has 2 aromatic carbocycles. The molecule has 1 aromatic heterocycles. The zero-order valence-electron chi connectivity index (χ0n) is 12.1. The summed E-state index contributed by atoms with van der Waals surface area (Å²) >= 11 is 7.25. The van der Waals surface area contributed by atoms with E-state index in [1.54, 1.807) is 6.07 Å². The molecule has 0 radical (unpaired) electrons.